The molecule has 1 aromatic carbocycles. The maximum Gasteiger partial charge on any atom is 0.222 e. The molecule has 3 rings (SSSR count). The molecular weight excluding hydrogens is 497 g/mol. The quantitative estimate of drug-likeness (QED) is 0.343. The highest BCUT2D eigenvalue weighted by molar-refractivity contribution is 14.0. The van der Waals surface area contributed by atoms with E-state index in [1.807, 2.05) is 11.8 Å². The number of halogens is 1. The van der Waals surface area contributed by atoms with Gasteiger partial charge in [-0.05, 0) is 13.3 Å². The van der Waals surface area contributed by atoms with Gasteiger partial charge in [-0.1, -0.05) is 36.8 Å². The first-order chi connectivity index (χ1) is 13.6. The van der Waals surface area contributed by atoms with Crippen molar-refractivity contribution in [2.75, 3.05) is 26.7 Å². The lowest BCUT2D eigenvalue weighted by Crippen LogP contribution is -2.45. The van der Waals surface area contributed by atoms with Crippen molar-refractivity contribution in [3.05, 3.63) is 40.9 Å². The number of carbonyl (C=O) groups excluding carboxylic acids is 1. The largest absolute Gasteiger partial charge is 0.356 e. The molecule has 1 aliphatic heterocycles. The van der Waals surface area contributed by atoms with E-state index in [-0.39, 0.29) is 35.9 Å². The van der Waals surface area contributed by atoms with Crippen LogP contribution in [0.15, 0.2) is 34.6 Å². The number of nitrogens with zero attached hydrogens (tertiary/aromatic N) is 3. The van der Waals surface area contributed by atoms with Crippen molar-refractivity contribution < 1.29 is 4.79 Å². The number of carbonyl (C=O) groups is 1. The van der Waals surface area contributed by atoms with Crippen LogP contribution in [-0.4, -0.2) is 54.5 Å². The van der Waals surface area contributed by atoms with E-state index < -0.39 is 0 Å². The van der Waals surface area contributed by atoms with Crippen LogP contribution in [0.3, 0.4) is 0 Å². The third-order valence-electron chi connectivity index (χ3n) is 4.93. The van der Waals surface area contributed by atoms with Crippen LogP contribution in [0, 0.1) is 6.92 Å². The van der Waals surface area contributed by atoms with Crippen molar-refractivity contribution >= 4 is 47.2 Å². The summed E-state index contributed by atoms with van der Waals surface area (Å²) in [7, 11) is 1.78. The lowest BCUT2D eigenvalue weighted by molar-refractivity contribution is -0.129. The second kappa shape index (κ2) is 11.5. The van der Waals surface area contributed by atoms with Crippen molar-refractivity contribution in [3.8, 4) is 10.6 Å². The molecule has 29 heavy (non-hydrogen) atoms. The molecule has 1 unspecified atom stereocenters. The van der Waals surface area contributed by atoms with E-state index in [2.05, 4.69) is 52.2 Å². The average Bonchev–Trinajstić information content (AvgIpc) is 3.37. The number of benzene rings is 1. The Morgan fingerprint density at radius 2 is 2.10 bits per heavy atom. The van der Waals surface area contributed by atoms with Gasteiger partial charge in [0.2, 0.25) is 5.91 Å². The zero-order chi connectivity index (χ0) is 19.9. The standard InChI is InChI=1S/C21H29N5OS.HI/c1-4-19(27)26-12-10-17(13-26)25-21(22-3)23-11-9-18-14-28-20(24-18)16-7-5-15(2)6-8-16;/h5-8,14,17H,4,9-13H2,1-3H3,(H2,22,23,25);1H. The summed E-state index contributed by atoms with van der Waals surface area (Å²) in [6, 6.07) is 8.73. The summed E-state index contributed by atoms with van der Waals surface area (Å²) in [5.41, 5.74) is 3.51. The first-order valence-electron chi connectivity index (χ1n) is 9.85. The van der Waals surface area contributed by atoms with Crippen LogP contribution in [0.1, 0.15) is 31.0 Å². The maximum atomic E-state index is 11.8. The predicted octanol–water partition coefficient (Wildman–Crippen LogP) is 3.45. The van der Waals surface area contributed by atoms with Gasteiger partial charge in [0, 0.05) is 56.5 Å². The lowest BCUT2D eigenvalue weighted by atomic mass is 10.2. The molecule has 0 bridgehead atoms. The zero-order valence-corrected chi connectivity index (χ0v) is 20.4. The number of rotatable bonds is 6. The molecule has 2 N–H and O–H groups in total. The highest BCUT2D eigenvalue weighted by atomic mass is 127. The molecule has 0 saturated carbocycles. The summed E-state index contributed by atoms with van der Waals surface area (Å²) in [6.07, 6.45) is 2.37. The Bertz CT molecular complexity index is 821. The Hall–Kier alpha value is -1.68. The molecule has 1 aliphatic rings. The summed E-state index contributed by atoms with van der Waals surface area (Å²) in [5, 5.41) is 9.97. The molecule has 1 saturated heterocycles. The molecule has 0 spiro atoms. The van der Waals surface area contributed by atoms with Gasteiger partial charge < -0.3 is 15.5 Å². The normalized spacial score (nSPS) is 16.4. The number of amides is 1. The van der Waals surface area contributed by atoms with Crippen LogP contribution in [0.25, 0.3) is 10.6 Å². The lowest BCUT2D eigenvalue weighted by Gasteiger charge is -2.18. The van der Waals surface area contributed by atoms with Crippen LogP contribution in [0.5, 0.6) is 0 Å². The number of aromatic nitrogens is 1. The Morgan fingerprint density at radius 3 is 2.79 bits per heavy atom. The molecule has 8 heteroatoms. The second-order valence-corrected chi connectivity index (χ2v) is 7.94. The summed E-state index contributed by atoms with van der Waals surface area (Å²) in [5.74, 6) is 1.00. The van der Waals surface area contributed by atoms with Crippen molar-refractivity contribution in [2.45, 2.75) is 39.2 Å². The Balaban J connectivity index is 0.00000300. The van der Waals surface area contributed by atoms with Gasteiger partial charge >= 0.3 is 0 Å². The minimum Gasteiger partial charge on any atom is -0.356 e. The molecule has 0 aliphatic carbocycles. The van der Waals surface area contributed by atoms with E-state index in [4.69, 9.17) is 4.98 Å². The minimum absolute atomic E-state index is 0. The third kappa shape index (κ3) is 6.67. The maximum absolute atomic E-state index is 11.8. The topological polar surface area (TPSA) is 69.6 Å². The van der Waals surface area contributed by atoms with Gasteiger partial charge in [0.15, 0.2) is 5.96 Å². The molecule has 6 nitrogen and oxygen atoms in total. The van der Waals surface area contributed by atoms with Crippen molar-refractivity contribution in [1.29, 1.82) is 0 Å². The summed E-state index contributed by atoms with van der Waals surface area (Å²) in [6.45, 7) is 6.34. The van der Waals surface area contributed by atoms with Crippen LogP contribution in [0.2, 0.25) is 0 Å². The number of guanidine groups is 1. The number of hydrogen-bond acceptors (Lipinski definition) is 4. The van der Waals surface area contributed by atoms with Gasteiger partial charge in [-0.3, -0.25) is 9.79 Å². The number of nitrogens with one attached hydrogen (secondary N) is 2. The van der Waals surface area contributed by atoms with Crippen LogP contribution in [-0.2, 0) is 11.2 Å². The second-order valence-electron chi connectivity index (χ2n) is 7.08. The fourth-order valence-electron chi connectivity index (χ4n) is 3.28. The van der Waals surface area contributed by atoms with Gasteiger partial charge in [-0.25, -0.2) is 4.98 Å². The zero-order valence-electron chi connectivity index (χ0n) is 17.3. The fourth-order valence-corrected chi connectivity index (χ4v) is 4.14. The first-order valence-corrected chi connectivity index (χ1v) is 10.7. The average molecular weight is 527 g/mol. The van der Waals surface area contributed by atoms with Crippen LogP contribution in [0.4, 0.5) is 0 Å². The fraction of sp³-hybridized carbons (Fsp3) is 0.476. The van der Waals surface area contributed by atoms with E-state index >= 15 is 0 Å². The molecule has 2 aromatic rings. The number of hydrogen-bond donors (Lipinski definition) is 2. The van der Waals surface area contributed by atoms with Gasteiger partial charge in [0.25, 0.3) is 0 Å². The smallest absolute Gasteiger partial charge is 0.222 e. The van der Waals surface area contributed by atoms with E-state index in [9.17, 15) is 4.79 Å². The van der Waals surface area contributed by atoms with E-state index in [1.165, 1.54) is 11.1 Å². The highest BCUT2D eigenvalue weighted by Gasteiger charge is 2.25. The molecule has 0 radical (unpaired) electrons. The Morgan fingerprint density at radius 1 is 1.34 bits per heavy atom. The molecule has 1 aromatic heterocycles. The first kappa shape index (κ1) is 23.6. The number of aliphatic imine (C=N–C) groups is 1. The Kier molecular flexibility index (Phi) is 9.35. The van der Waals surface area contributed by atoms with Crippen LogP contribution < -0.4 is 10.6 Å². The van der Waals surface area contributed by atoms with Gasteiger partial charge in [0.05, 0.1) is 5.69 Å². The molecule has 1 fully saturated rings. The van der Waals surface area contributed by atoms with E-state index in [0.29, 0.717) is 6.42 Å². The molecule has 2 heterocycles. The number of thiazole rings is 1. The van der Waals surface area contributed by atoms with Crippen molar-refractivity contribution in [2.24, 2.45) is 4.99 Å². The monoisotopic (exact) mass is 527 g/mol. The van der Waals surface area contributed by atoms with E-state index in [0.717, 1.165) is 49.1 Å². The van der Waals surface area contributed by atoms with Crippen molar-refractivity contribution in [1.82, 2.24) is 20.5 Å². The molecule has 158 valence electrons. The predicted molar refractivity (Wildman–Crippen MR) is 131 cm³/mol. The Labute approximate surface area is 194 Å². The molecule has 1 atom stereocenters. The van der Waals surface area contributed by atoms with Crippen LogP contribution >= 0.6 is 35.3 Å². The minimum atomic E-state index is 0. The van der Waals surface area contributed by atoms with E-state index in [1.54, 1.807) is 18.4 Å². The highest BCUT2D eigenvalue weighted by Crippen LogP contribution is 2.24. The summed E-state index contributed by atoms with van der Waals surface area (Å²) in [4.78, 5) is 22.8. The summed E-state index contributed by atoms with van der Waals surface area (Å²) >= 11 is 1.68. The van der Waals surface area contributed by atoms with Gasteiger partial charge in [0.1, 0.15) is 5.01 Å². The summed E-state index contributed by atoms with van der Waals surface area (Å²) < 4.78 is 0. The van der Waals surface area contributed by atoms with Gasteiger partial charge in [-0.15, -0.1) is 35.3 Å². The SMILES string of the molecule is CCC(=O)N1CCC(NC(=NC)NCCc2csc(-c3ccc(C)cc3)n2)C1.I. The number of aryl methyl sites for hydroxylation is 1. The number of likely N-dealkylation sites (tertiary alicyclic amines) is 1. The van der Waals surface area contributed by atoms with Crippen molar-refractivity contribution in [3.63, 3.8) is 0 Å². The third-order valence-corrected chi connectivity index (χ3v) is 5.87. The molecular formula is C21H30IN5OS. The molecule has 1 amide bonds. The van der Waals surface area contributed by atoms with Gasteiger partial charge in [-0.2, -0.15) is 0 Å².